The predicted octanol–water partition coefficient (Wildman–Crippen LogP) is 2.59. The smallest absolute Gasteiger partial charge is 0.360 e. The van der Waals surface area contributed by atoms with Crippen molar-refractivity contribution in [1.29, 1.82) is 0 Å². The van der Waals surface area contributed by atoms with Crippen LogP contribution in [0.15, 0.2) is 10.6 Å². The second-order valence-corrected chi connectivity index (χ2v) is 5.71. The van der Waals surface area contributed by atoms with Gasteiger partial charge >= 0.3 is 24.3 Å². The van der Waals surface area contributed by atoms with E-state index in [4.69, 9.17) is 0 Å². The lowest BCUT2D eigenvalue weighted by Gasteiger charge is -2.40. The summed E-state index contributed by atoms with van der Waals surface area (Å²) in [5.41, 5.74) is 0. The van der Waals surface area contributed by atoms with Gasteiger partial charge in [0.15, 0.2) is 5.82 Å². The molecule has 0 saturated carbocycles. The van der Waals surface area contributed by atoms with Gasteiger partial charge in [-0.15, -0.1) is 0 Å². The minimum absolute atomic E-state index is 0.144. The Kier molecular flexibility index (Phi) is 5.37. The van der Waals surface area contributed by atoms with Gasteiger partial charge in [-0.05, 0) is 19.8 Å². The average Bonchev–Trinajstić information content (AvgIpc) is 2.90. The fourth-order valence-corrected chi connectivity index (χ4v) is 2.53. The van der Waals surface area contributed by atoms with E-state index >= 15 is 0 Å². The summed E-state index contributed by atoms with van der Waals surface area (Å²) in [5.74, 6) is -2.13. The SMILES string of the molecule is Cc1cc(NC(=O)N2C[C@H](NC(=O)C(F)(F)F)CC[C@H]2C(F)(F)F)no1. The third kappa shape index (κ3) is 4.79. The number of hydrogen-bond acceptors (Lipinski definition) is 4. The molecule has 1 fully saturated rings. The molecule has 2 atom stereocenters. The van der Waals surface area contributed by atoms with E-state index in [1.165, 1.54) is 13.0 Å². The van der Waals surface area contributed by atoms with Crippen LogP contribution >= 0.6 is 0 Å². The number of nitrogens with one attached hydrogen (secondary N) is 2. The van der Waals surface area contributed by atoms with Crippen molar-refractivity contribution in [3.8, 4) is 0 Å². The van der Waals surface area contributed by atoms with E-state index in [0.29, 0.717) is 10.7 Å². The van der Waals surface area contributed by atoms with E-state index in [9.17, 15) is 35.9 Å². The number of urea groups is 1. The molecule has 2 heterocycles. The molecule has 3 amide bonds. The highest BCUT2D eigenvalue weighted by atomic mass is 19.4. The summed E-state index contributed by atoms with van der Waals surface area (Å²) in [5, 5.41) is 7.09. The van der Waals surface area contributed by atoms with E-state index in [1.807, 2.05) is 0 Å². The molecular weight excluding hydrogens is 374 g/mol. The lowest BCUT2D eigenvalue weighted by atomic mass is 9.98. The van der Waals surface area contributed by atoms with Crippen LogP contribution in [0.1, 0.15) is 18.6 Å². The highest BCUT2D eigenvalue weighted by molar-refractivity contribution is 5.89. The molecule has 13 heteroatoms. The van der Waals surface area contributed by atoms with Crippen LogP contribution in [-0.4, -0.2) is 53.0 Å². The lowest BCUT2D eigenvalue weighted by Crippen LogP contribution is -2.60. The molecule has 0 aliphatic carbocycles. The maximum absolute atomic E-state index is 13.2. The van der Waals surface area contributed by atoms with Crippen molar-refractivity contribution in [3.05, 3.63) is 11.8 Å². The van der Waals surface area contributed by atoms with Crippen LogP contribution in [-0.2, 0) is 4.79 Å². The molecule has 0 spiro atoms. The van der Waals surface area contributed by atoms with Crippen molar-refractivity contribution in [2.24, 2.45) is 0 Å². The molecule has 1 saturated heterocycles. The van der Waals surface area contributed by atoms with Gasteiger partial charge in [0.05, 0.1) is 0 Å². The van der Waals surface area contributed by atoms with Crippen LogP contribution in [0.25, 0.3) is 0 Å². The predicted molar refractivity (Wildman–Crippen MR) is 74.0 cm³/mol. The van der Waals surface area contributed by atoms with Gasteiger partial charge in [-0.25, -0.2) is 4.79 Å². The number of anilines is 1. The number of hydrogen-bond donors (Lipinski definition) is 2. The molecule has 0 radical (unpaired) electrons. The molecule has 7 nitrogen and oxygen atoms in total. The normalized spacial score (nSPS) is 21.4. The monoisotopic (exact) mass is 388 g/mol. The Labute approximate surface area is 142 Å². The summed E-state index contributed by atoms with van der Waals surface area (Å²) in [6.45, 7) is 0.749. The van der Waals surface area contributed by atoms with Gasteiger partial charge in [-0.2, -0.15) is 26.3 Å². The minimum Gasteiger partial charge on any atom is -0.360 e. The summed E-state index contributed by atoms with van der Waals surface area (Å²) >= 11 is 0. The van der Waals surface area contributed by atoms with Crippen LogP contribution in [0.4, 0.5) is 37.0 Å². The number of carbonyl (C=O) groups is 2. The van der Waals surface area contributed by atoms with Crippen molar-refractivity contribution in [2.75, 3.05) is 11.9 Å². The highest BCUT2D eigenvalue weighted by Gasteiger charge is 2.49. The van der Waals surface area contributed by atoms with Crippen molar-refractivity contribution >= 4 is 17.8 Å². The number of rotatable bonds is 2. The number of amides is 3. The molecule has 26 heavy (non-hydrogen) atoms. The van der Waals surface area contributed by atoms with Crippen LogP contribution in [0, 0.1) is 6.92 Å². The topological polar surface area (TPSA) is 87.5 Å². The standard InChI is InChI=1S/C13H14F6N4O3/c1-6-4-9(22-26-6)21-11(25)23-5-7(20-10(24)13(17,18)19)2-3-8(23)12(14,15)16/h4,7-8H,2-3,5H2,1H3,(H,20,24)(H,21,22,25)/t7-,8+/m1/s1. The van der Waals surface area contributed by atoms with E-state index in [1.54, 1.807) is 5.32 Å². The van der Waals surface area contributed by atoms with Gasteiger partial charge in [-0.3, -0.25) is 10.1 Å². The van der Waals surface area contributed by atoms with Gasteiger partial charge in [0.2, 0.25) is 0 Å². The maximum Gasteiger partial charge on any atom is 0.471 e. The second kappa shape index (κ2) is 7.03. The second-order valence-electron chi connectivity index (χ2n) is 5.71. The number of nitrogens with zero attached hydrogens (tertiary/aromatic N) is 2. The quantitative estimate of drug-likeness (QED) is 0.763. The Balaban J connectivity index is 2.13. The van der Waals surface area contributed by atoms with E-state index < -0.39 is 49.3 Å². The average molecular weight is 388 g/mol. The molecule has 1 aliphatic rings. The minimum atomic E-state index is -5.17. The number of carbonyl (C=O) groups excluding carboxylic acids is 2. The summed E-state index contributed by atoms with van der Waals surface area (Å²) < 4.78 is 81.1. The Hall–Kier alpha value is -2.47. The molecule has 1 aromatic heterocycles. The summed E-state index contributed by atoms with van der Waals surface area (Å²) in [7, 11) is 0. The van der Waals surface area contributed by atoms with Crippen molar-refractivity contribution in [3.63, 3.8) is 0 Å². The summed E-state index contributed by atoms with van der Waals surface area (Å²) in [6.07, 6.45) is -11.0. The number of aromatic nitrogens is 1. The maximum atomic E-state index is 13.2. The van der Waals surface area contributed by atoms with Gasteiger partial charge in [0.1, 0.15) is 11.8 Å². The van der Waals surface area contributed by atoms with E-state index in [-0.39, 0.29) is 12.2 Å². The van der Waals surface area contributed by atoms with Crippen molar-refractivity contribution in [2.45, 2.75) is 44.2 Å². The molecule has 0 unspecified atom stereocenters. The number of likely N-dealkylation sites (tertiary alicyclic amines) is 1. The van der Waals surface area contributed by atoms with Gasteiger partial charge in [0.25, 0.3) is 0 Å². The fourth-order valence-electron chi connectivity index (χ4n) is 2.53. The van der Waals surface area contributed by atoms with E-state index in [0.717, 1.165) is 0 Å². The van der Waals surface area contributed by atoms with Crippen molar-refractivity contribution in [1.82, 2.24) is 15.4 Å². The van der Waals surface area contributed by atoms with Crippen molar-refractivity contribution < 1.29 is 40.5 Å². The van der Waals surface area contributed by atoms with Gasteiger partial charge in [0, 0.05) is 18.7 Å². The lowest BCUT2D eigenvalue weighted by molar-refractivity contribution is -0.186. The van der Waals surface area contributed by atoms with Crippen LogP contribution in [0.3, 0.4) is 0 Å². The Morgan fingerprint density at radius 1 is 1.23 bits per heavy atom. The number of halogens is 6. The number of alkyl halides is 6. The zero-order valence-electron chi connectivity index (χ0n) is 13.2. The number of aryl methyl sites for hydroxylation is 1. The Bertz CT molecular complexity index is 672. The molecule has 1 aliphatic heterocycles. The van der Waals surface area contributed by atoms with E-state index in [2.05, 4.69) is 15.0 Å². The molecule has 2 rings (SSSR count). The third-order valence-electron chi connectivity index (χ3n) is 3.68. The van der Waals surface area contributed by atoms with Gasteiger partial charge < -0.3 is 14.7 Å². The first kappa shape index (κ1) is 19.8. The Morgan fingerprint density at radius 2 is 1.88 bits per heavy atom. The van der Waals surface area contributed by atoms with Crippen LogP contribution < -0.4 is 10.6 Å². The first-order valence-electron chi connectivity index (χ1n) is 7.33. The zero-order valence-corrected chi connectivity index (χ0v) is 13.2. The third-order valence-corrected chi connectivity index (χ3v) is 3.68. The first-order chi connectivity index (χ1) is 11.9. The van der Waals surface area contributed by atoms with Crippen LogP contribution in [0.2, 0.25) is 0 Å². The molecule has 1 aromatic rings. The van der Waals surface area contributed by atoms with Gasteiger partial charge in [-0.1, -0.05) is 5.16 Å². The zero-order chi connectivity index (χ0) is 19.7. The Morgan fingerprint density at radius 3 is 2.38 bits per heavy atom. The first-order valence-corrected chi connectivity index (χ1v) is 7.33. The number of piperidine rings is 1. The highest BCUT2D eigenvalue weighted by Crippen LogP contribution is 2.32. The summed E-state index contributed by atoms with van der Waals surface area (Å²) in [6, 6.07) is -3.43. The molecule has 2 N–H and O–H groups in total. The largest absolute Gasteiger partial charge is 0.471 e. The molecule has 146 valence electrons. The summed E-state index contributed by atoms with van der Waals surface area (Å²) in [4.78, 5) is 23.5. The molecular formula is C13H14F6N4O3. The van der Waals surface area contributed by atoms with Crippen LogP contribution in [0.5, 0.6) is 0 Å². The molecule has 0 bridgehead atoms. The fraction of sp³-hybridized carbons (Fsp3) is 0.615. The molecule has 0 aromatic carbocycles.